The van der Waals surface area contributed by atoms with Gasteiger partial charge in [-0.1, -0.05) is 29.3 Å². The third kappa shape index (κ3) is 4.17. The summed E-state index contributed by atoms with van der Waals surface area (Å²) in [6.07, 6.45) is 0. The average Bonchev–Trinajstić information content (AvgIpc) is 2.56. The maximum Gasteiger partial charge on any atom is 0.343 e. The van der Waals surface area contributed by atoms with E-state index in [1.807, 2.05) is 5.43 Å². The van der Waals surface area contributed by atoms with Crippen LogP contribution in [-0.4, -0.2) is 18.5 Å². The number of nitrogen functional groups attached to an aromatic ring is 1. The van der Waals surface area contributed by atoms with Gasteiger partial charge in [-0.15, -0.1) is 0 Å². The molecule has 1 amide bonds. The summed E-state index contributed by atoms with van der Waals surface area (Å²) in [5.41, 5.74) is 2.42. The van der Waals surface area contributed by atoms with E-state index >= 15 is 0 Å². The molecule has 3 N–H and O–H groups in total. The van der Waals surface area contributed by atoms with E-state index in [1.54, 1.807) is 25.1 Å². The molecule has 0 radical (unpaired) electrons. The lowest BCUT2D eigenvalue weighted by Gasteiger charge is -2.14. The van der Waals surface area contributed by atoms with Crippen LogP contribution in [0.3, 0.4) is 0 Å². The molecule has 0 unspecified atom stereocenters. The van der Waals surface area contributed by atoms with Gasteiger partial charge in [0.1, 0.15) is 0 Å². The van der Waals surface area contributed by atoms with Crippen molar-refractivity contribution >= 4 is 35.1 Å². The molecule has 0 aliphatic carbocycles. The first kappa shape index (κ1) is 18.1. The zero-order valence-electron chi connectivity index (χ0n) is 12.6. The summed E-state index contributed by atoms with van der Waals surface area (Å²) >= 11 is 12.0. The Kier molecular flexibility index (Phi) is 6.03. The number of ether oxygens (including phenoxy) is 2. The number of carbonyl (C=O) groups is 2. The van der Waals surface area contributed by atoms with Crippen LogP contribution >= 0.6 is 23.2 Å². The molecule has 0 bridgehead atoms. The normalized spacial score (nSPS) is 10.2. The van der Waals surface area contributed by atoms with Crippen LogP contribution in [0.2, 0.25) is 10.0 Å². The highest BCUT2D eigenvalue weighted by Gasteiger charge is 2.19. The molecule has 126 valence electrons. The second kappa shape index (κ2) is 8.01. The van der Waals surface area contributed by atoms with Crippen molar-refractivity contribution < 1.29 is 19.1 Å². The Bertz CT molecular complexity index is 781. The molecule has 24 heavy (non-hydrogen) atoms. The van der Waals surface area contributed by atoms with Gasteiger partial charge in [-0.05, 0) is 37.3 Å². The SMILES string of the molecule is CCOc1cc(C(=O)NN)cc(Cl)c1OC(=O)c1cccc(Cl)c1. The van der Waals surface area contributed by atoms with Gasteiger partial charge in [0.2, 0.25) is 0 Å². The number of carbonyl (C=O) groups excluding carboxylic acids is 2. The number of hydrogen-bond acceptors (Lipinski definition) is 5. The molecule has 0 heterocycles. The summed E-state index contributed by atoms with van der Waals surface area (Å²) in [4.78, 5) is 23.9. The zero-order valence-corrected chi connectivity index (χ0v) is 14.1. The summed E-state index contributed by atoms with van der Waals surface area (Å²) in [6, 6.07) is 8.99. The number of hydrazine groups is 1. The Hall–Kier alpha value is -2.28. The van der Waals surface area contributed by atoms with Crippen LogP contribution < -0.4 is 20.7 Å². The molecular weight excluding hydrogens is 355 g/mol. The fourth-order valence-electron chi connectivity index (χ4n) is 1.91. The summed E-state index contributed by atoms with van der Waals surface area (Å²) in [6.45, 7) is 2.03. The van der Waals surface area contributed by atoms with Gasteiger partial charge in [0.05, 0.1) is 17.2 Å². The molecule has 0 aromatic heterocycles. The molecule has 0 spiro atoms. The average molecular weight is 369 g/mol. The first-order chi connectivity index (χ1) is 11.5. The van der Waals surface area contributed by atoms with Crippen LogP contribution in [-0.2, 0) is 0 Å². The molecule has 6 nitrogen and oxygen atoms in total. The zero-order chi connectivity index (χ0) is 17.7. The maximum absolute atomic E-state index is 12.3. The van der Waals surface area contributed by atoms with Gasteiger partial charge in [0.15, 0.2) is 11.5 Å². The minimum absolute atomic E-state index is 0.0112. The number of nitrogens with two attached hydrogens (primary N) is 1. The topological polar surface area (TPSA) is 90.7 Å². The van der Waals surface area contributed by atoms with Crippen molar-refractivity contribution in [3.8, 4) is 11.5 Å². The Morgan fingerprint density at radius 1 is 1.17 bits per heavy atom. The summed E-state index contributed by atoms with van der Waals surface area (Å²) < 4.78 is 10.7. The van der Waals surface area contributed by atoms with Gasteiger partial charge in [-0.3, -0.25) is 10.2 Å². The molecule has 0 aliphatic heterocycles. The van der Waals surface area contributed by atoms with Crippen LogP contribution in [0, 0.1) is 0 Å². The quantitative estimate of drug-likeness (QED) is 0.278. The van der Waals surface area contributed by atoms with Crippen molar-refractivity contribution in [2.45, 2.75) is 6.92 Å². The van der Waals surface area contributed by atoms with Gasteiger partial charge in [0, 0.05) is 10.6 Å². The summed E-state index contributed by atoms with van der Waals surface area (Å²) in [5.74, 6) is 4.06. The molecule has 8 heteroatoms. The van der Waals surface area contributed by atoms with Crippen LogP contribution in [0.25, 0.3) is 0 Å². The van der Waals surface area contributed by atoms with Crippen LogP contribution in [0.1, 0.15) is 27.6 Å². The van der Waals surface area contributed by atoms with Crippen LogP contribution in [0.15, 0.2) is 36.4 Å². The third-order valence-corrected chi connectivity index (χ3v) is 3.47. The minimum Gasteiger partial charge on any atom is -0.490 e. The number of benzene rings is 2. The lowest BCUT2D eigenvalue weighted by Crippen LogP contribution is -2.30. The molecule has 2 aromatic rings. The number of amides is 1. The van der Waals surface area contributed by atoms with Gasteiger partial charge in [-0.2, -0.15) is 0 Å². The largest absolute Gasteiger partial charge is 0.490 e. The van der Waals surface area contributed by atoms with E-state index in [9.17, 15) is 9.59 Å². The van der Waals surface area contributed by atoms with E-state index in [4.69, 9.17) is 38.5 Å². The third-order valence-electron chi connectivity index (χ3n) is 2.96. The molecule has 0 atom stereocenters. The van der Waals surface area contributed by atoms with Gasteiger partial charge in [-0.25, -0.2) is 10.6 Å². The predicted octanol–water partition coefficient (Wildman–Crippen LogP) is 3.21. The summed E-state index contributed by atoms with van der Waals surface area (Å²) in [7, 11) is 0. The highest BCUT2D eigenvalue weighted by Crippen LogP contribution is 2.37. The van der Waals surface area contributed by atoms with E-state index in [0.717, 1.165) is 0 Å². The van der Waals surface area contributed by atoms with E-state index in [0.29, 0.717) is 5.02 Å². The van der Waals surface area contributed by atoms with Crippen LogP contribution in [0.4, 0.5) is 0 Å². The fourth-order valence-corrected chi connectivity index (χ4v) is 2.35. The van der Waals surface area contributed by atoms with Crippen molar-refractivity contribution in [1.82, 2.24) is 5.43 Å². The molecule has 2 rings (SSSR count). The van der Waals surface area contributed by atoms with Crippen molar-refractivity contribution in [1.29, 1.82) is 0 Å². The molecule has 0 saturated heterocycles. The van der Waals surface area contributed by atoms with Crippen LogP contribution in [0.5, 0.6) is 11.5 Å². The van der Waals surface area contributed by atoms with E-state index in [1.165, 1.54) is 18.2 Å². The number of nitrogens with one attached hydrogen (secondary N) is 1. The van der Waals surface area contributed by atoms with Crippen molar-refractivity contribution in [2.75, 3.05) is 6.61 Å². The number of hydrogen-bond donors (Lipinski definition) is 2. The van der Waals surface area contributed by atoms with Crippen molar-refractivity contribution in [2.24, 2.45) is 5.84 Å². The van der Waals surface area contributed by atoms with Gasteiger partial charge < -0.3 is 9.47 Å². The number of halogens is 2. The fraction of sp³-hybridized carbons (Fsp3) is 0.125. The smallest absolute Gasteiger partial charge is 0.343 e. The van der Waals surface area contributed by atoms with E-state index < -0.39 is 11.9 Å². The monoisotopic (exact) mass is 368 g/mol. The van der Waals surface area contributed by atoms with E-state index in [2.05, 4.69) is 0 Å². The Balaban J connectivity index is 2.38. The lowest BCUT2D eigenvalue weighted by atomic mass is 10.2. The second-order valence-corrected chi connectivity index (χ2v) is 5.44. The second-order valence-electron chi connectivity index (χ2n) is 4.59. The highest BCUT2D eigenvalue weighted by atomic mass is 35.5. The first-order valence-electron chi connectivity index (χ1n) is 6.91. The molecule has 0 aliphatic rings. The Morgan fingerprint density at radius 2 is 1.92 bits per heavy atom. The first-order valence-corrected chi connectivity index (χ1v) is 7.67. The number of rotatable bonds is 5. The molecule has 2 aromatic carbocycles. The van der Waals surface area contributed by atoms with Gasteiger partial charge in [0.25, 0.3) is 5.91 Å². The lowest BCUT2D eigenvalue weighted by molar-refractivity contribution is 0.0728. The van der Waals surface area contributed by atoms with E-state index in [-0.39, 0.29) is 34.3 Å². The Labute approximate surface area is 148 Å². The number of esters is 1. The van der Waals surface area contributed by atoms with Crippen molar-refractivity contribution in [3.05, 3.63) is 57.6 Å². The van der Waals surface area contributed by atoms with Gasteiger partial charge >= 0.3 is 5.97 Å². The van der Waals surface area contributed by atoms with Crippen molar-refractivity contribution in [3.63, 3.8) is 0 Å². The minimum atomic E-state index is -0.656. The molecular formula is C16H14Cl2N2O4. The summed E-state index contributed by atoms with van der Waals surface area (Å²) in [5, 5.41) is 0.436. The highest BCUT2D eigenvalue weighted by molar-refractivity contribution is 6.33. The standard InChI is InChI=1S/C16H14Cl2N2O4/c1-2-23-13-8-10(15(21)20-19)7-12(18)14(13)24-16(22)9-4-3-5-11(17)6-9/h3-8H,2,19H2,1H3,(H,20,21). The Morgan fingerprint density at radius 3 is 2.54 bits per heavy atom. The molecule has 0 fully saturated rings. The maximum atomic E-state index is 12.3. The predicted molar refractivity (Wildman–Crippen MR) is 90.7 cm³/mol. The molecule has 0 saturated carbocycles.